The number of hydrogen-bond acceptors (Lipinski definition) is 4. The predicted octanol–water partition coefficient (Wildman–Crippen LogP) is 2.67. The minimum Gasteiger partial charge on any atom is -0.411 e. The average molecular weight is 235 g/mol. The van der Waals surface area contributed by atoms with E-state index in [4.69, 9.17) is 45.2 Å². The average Bonchev–Trinajstić information content (AvgIpc) is 2.00. The lowest BCUT2D eigenvalue weighted by molar-refractivity contribution is 0.313. The normalized spacial score (nSPS) is 12.5. The van der Waals surface area contributed by atoms with Gasteiger partial charge in [-0.25, -0.2) is 0 Å². The smallest absolute Gasteiger partial charge is 0.180 e. The van der Waals surface area contributed by atoms with Gasteiger partial charge in [-0.05, 0) is 13.8 Å². The van der Waals surface area contributed by atoms with Crippen molar-refractivity contribution in [1.82, 2.24) is 0 Å². The molecule has 0 aromatic carbocycles. The first-order valence-corrected chi connectivity index (χ1v) is 4.06. The third kappa shape index (κ3) is 12.5. The molecule has 0 bridgehead atoms. The van der Waals surface area contributed by atoms with Gasteiger partial charge < -0.3 is 10.4 Å². The van der Waals surface area contributed by atoms with Gasteiger partial charge >= 0.3 is 0 Å². The van der Waals surface area contributed by atoms with Gasteiger partial charge in [-0.1, -0.05) is 45.1 Å². The van der Waals surface area contributed by atoms with Crippen molar-refractivity contribution in [2.75, 3.05) is 0 Å². The van der Waals surface area contributed by atoms with Crippen LogP contribution in [0.4, 0.5) is 0 Å². The molecular weight excluding hydrogens is 226 g/mol. The molecule has 0 atom stereocenters. The summed E-state index contributed by atoms with van der Waals surface area (Å²) < 4.78 is -0.750. The van der Waals surface area contributed by atoms with Gasteiger partial charge in [0.15, 0.2) is 4.30 Å². The molecule has 0 aliphatic carbocycles. The van der Waals surface area contributed by atoms with Crippen molar-refractivity contribution in [3.05, 3.63) is 0 Å². The van der Waals surface area contributed by atoms with Crippen LogP contribution in [0.3, 0.4) is 0 Å². The second-order valence-corrected chi connectivity index (χ2v) is 3.60. The molecule has 2 N–H and O–H groups in total. The van der Waals surface area contributed by atoms with Crippen LogP contribution in [-0.2, 0) is 0 Å². The summed E-state index contributed by atoms with van der Waals surface area (Å²) in [5.74, 6) is 0. The Morgan fingerprint density at radius 1 is 1.00 bits per heavy atom. The van der Waals surface area contributed by atoms with Gasteiger partial charge in [0.2, 0.25) is 0 Å². The van der Waals surface area contributed by atoms with E-state index in [1.54, 1.807) is 0 Å². The number of alkyl halides is 3. The maximum Gasteiger partial charge on any atom is 0.180 e. The lowest BCUT2D eigenvalue weighted by Gasteiger charge is -1.88. The zero-order valence-electron chi connectivity index (χ0n) is 6.50. The van der Waals surface area contributed by atoms with E-state index in [0.29, 0.717) is 11.4 Å². The molecule has 0 aliphatic heterocycles. The van der Waals surface area contributed by atoms with Crippen molar-refractivity contribution < 1.29 is 10.4 Å². The first kappa shape index (κ1) is 14.3. The zero-order valence-corrected chi connectivity index (χ0v) is 8.77. The lowest BCUT2D eigenvalue weighted by Crippen LogP contribution is -2.04. The van der Waals surface area contributed by atoms with E-state index >= 15 is 0 Å². The van der Waals surface area contributed by atoms with E-state index in [1.807, 2.05) is 0 Å². The molecule has 0 aromatic heterocycles. The number of rotatable bonds is 1. The topological polar surface area (TPSA) is 65.2 Å². The van der Waals surface area contributed by atoms with Crippen LogP contribution in [0, 0.1) is 0 Å². The molecule has 0 radical (unpaired) electrons. The lowest BCUT2D eigenvalue weighted by atomic mass is 10.3. The van der Waals surface area contributed by atoms with Crippen molar-refractivity contribution in [3.63, 3.8) is 0 Å². The first-order valence-electron chi connectivity index (χ1n) is 2.75. The Morgan fingerprint density at radius 3 is 1.25 bits per heavy atom. The summed E-state index contributed by atoms with van der Waals surface area (Å²) in [6, 6.07) is 0. The molecule has 0 saturated heterocycles. The third-order valence-corrected chi connectivity index (χ3v) is 0.824. The molecule has 0 amide bonds. The van der Waals surface area contributed by atoms with E-state index in [-0.39, 0.29) is 0 Å². The predicted molar refractivity (Wildman–Crippen MR) is 51.1 cm³/mol. The summed E-state index contributed by atoms with van der Waals surface area (Å²) in [6.07, 6.45) is 0. The Kier molecular flexibility index (Phi) is 10.6. The van der Waals surface area contributed by atoms with Crippen molar-refractivity contribution >= 4 is 46.2 Å². The van der Waals surface area contributed by atoms with Crippen LogP contribution in [0.1, 0.15) is 13.8 Å². The summed E-state index contributed by atoms with van der Waals surface area (Å²) in [6.45, 7) is 3.07. The fourth-order valence-corrected chi connectivity index (χ4v) is 0.145. The summed E-state index contributed by atoms with van der Waals surface area (Å²) in [4.78, 5) is 0. The quantitative estimate of drug-likeness (QED) is 0.318. The Bertz CT molecular complexity index is 151. The minimum atomic E-state index is -0.750. The van der Waals surface area contributed by atoms with Crippen LogP contribution in [0.5, 0.6) is 0 Å². The molecule has 72 valence electrons. The summed E-state index contributed by atoms with van der Waals surface area (Å²) >= 11 is 14.4. The summed E-state index contributed by atoms with van der Waals surface area (Å²) in [5.41, 5.74) is 0.625. The zero-order chi connectivity index (χ0) is 10.1. The van der Waals surface area contributed by atoms with Gasteiger partial charge in [0.25, 0.3) is 0 Å². The first-order chi connectivity index (χ1) is 5.45. The Labute approximate surface area is 85.4 Å². The molecule has 7 heteroatoms. The molecule has 4 nitrogen and oxygen atoms in total. The van der Waals surface area contributed by atoms with Gasteiger partial charge in [-0.2, -0.15) is 0 Å². The second-order valence-electron chi connectivity index (χ2n) is 1.62. The fourth-order valence-electron chi connectivity index (χ4n) is 0.145. The fraction of sp³-hybridized carbons (Fsp3) is 0.600. The molecule has 0 heterocycles. The van der Waals surface area contributed by atoms with Crippen LogP contribution in [0.15, 0.2) is 10.3 Å². The van der Waals surface area contributed by atoms with Crippen LogP contribution in [-0.4, -0.2) is 26.1 Å². The molecule has 0 rings (SSSR count). The highest BCUT2D eigenvalue weighted by molar-refractivity contribution is 6.63. The standard InChI is InChI=1S/C4H8N2O2.CHCl3/c1-3(5-7)4(2)6-8;2-1(3)4/h7-8H,1-2H3;1H. The molecule has 0 spiro atoms. The van der Waals surface area contributed by atoms with E-state index in [1.165, 1.54) is 13.8 Å². The van der Waals surface area contributed by atoms with Crippen LogP contribution >= 0.6 is 34.8 Å². The van der Waals surface area contributed by atoms with Crippen LogP contribution < -0.4 is 0 Å². The molecular formula is C5H9Cl3N2O2. The SMILES string of the molecule is CC(=NO)C(C)=NO.ClC(Cl)Cl. The molecule has 0 aliphatic rings. The van der Waals surface area contributed by atoms with Gasteiger partial charge in [0, 0.05) is 0 Å². The number of halogens is 3. The highest BCUT2D eigenvalue weighted by Gasteiger charge is 1.93. The summed E-state index contributed by atoms with van der Waals surface area (Å²) in [7, 11) is 0. The molecule has 0 aromatic rings. The Hall–Kier alpha value is -0.190. The van der Waals surface area contributed by atoms with Crippen molar-refractivity contribution in [3.8, 4) is 0 Å². The van der Waals surface area contributed by atoms with E-state index in [2.05, 4.69) is 10.3 Å². The minimum absolute atomic E-state index is 0.313. The van der Waals surface area contributed by atoms with Gasteiger partial charge in [-0.15, -0.1) is 0 Å². The van der Waals surface area contributed by atoms with Crippen molar-refractivity contribution in [2.45, 2.75) is 18.1 Å². The Morgan fingerprint density at radius 2 is 1.17 bits per heavy atom. The maximum atomic E-state index is 8.03. The largest absolute Gasteiger partial charge is 0.411 e. The highest BCUT2D eigenvalue weighted by atomic mass is 35.6. The monoisotopic (exact) mass is 234 g/mol. The molecule has 0 fully saturated rings. The van der Waals surface area contributed by atoms with Crippen molar-refractivity contribution in [1.29, 1.82) is 0 Å². The van der Waals surface area contributed by atoms with Crippen LogP contribution in [0.2, 0.25) is 0 Å². The number of nitrogens with zero attached hydrogens (tertiary/aromatic N) is 2. The summed E-state index contributed by atoms with van der Waals surface area (Å²) in [5, 5.41) is 21.6. The molecule has 0 saturated carbocycles. The van der Waals surface area contributed by atoms with Gasteiger partial charge in [0.1, 0.15) is 11.4 Å². The van der Waals surface area contributed by atoms with E-state index in [0.717, 1.165) is 0 Å². The van der Waals surface area contributed by atoms with Gasteiger partial charge in [-0.3, -0.25) is 0 Å². The second kappa shape index (κ2) is 8.90. The number of oxime groups is 2. The van der Waals surface area contributed by atoms with Crippen molar-refractivity contribution in [2.24, 2.45) is 10.3 Å². The molecule has 12 heavy (non-hydrogen) atoms. The number of hydrogen-bond donors (Lipinski definition) is 2. The van der Waals surface area contributed by atoms with Crippen LogP contribution in [0.25, 0.3) is 0 Å². The highest BCUT2D eigenvalue weighted by Crippen LogP contribution is 2.03. The Balaban J connectivity index is 0. The third-order valence-electron chi connectivity index (χ3n) is 0.824. The van der Waals surface area contributed by atoms with E-state index < -0.39 is 4.30 Å². The molecule has 0 unspecified atom stereocenters. The van der Waals surface area contributed by atoms with Gasteiger partial charge in [0.05, 0.1) is 0 Å². The maximum absolute atomic E-state index is 8.03. The van der Waals surface area contributed by atoms with E-state index in [9.17, 15) is 0 Å².